The number of aromatic nitrogens is 2. The molecule has 0 saturated carbocycles. The summed E-state index contributed by atoms with van der Waals surface area (Å²) >= 11 is 0. The molecule has 2 aromatic carbocycles. The van der Waals surface area contributed by atoms with Gasteiger partial charge in [-0.1, -0.05) is 48.9 Å². The third-order valence-electron chi connectivity index (χ3n) is 6.36. The van der Waals surface area contributed by atoms with Crippen LogP contribution in [0, 0.1) is 19.8 Å². The first-order chi connectivity index (χ1) is 15.0. The summed E-state index contributed by atoms with van der Waals surface area (Å²) in [4.78, 5) is 13.2. The lowest BCUT2D eigenvalue weighted by Crippen LogP contribution is -2.33. The van der Waals surface area contributed by atoms with Gasteiger partial charge in [0.25, 0.3) is 0 Å². The van der Waals surface area contributed by atoms with Gasteiger partial charge in [-0.3, -0.25) is 4.79 Å². The number of nitrogens with zero attached hydrogens (tertiary/aromatic N) is 2. The van der Waals surface area contributed by atoms with Crippen molar-refractivity contribution in [3.8, 4) is 16.9 Å². The van der Waals surface area contributed by atoms with Crippen molar-refractivity contribution >= 4 is 11.6 Å². The molecule has 0 fully saturated rings. The van der Waals surface area contributed by atoms with Crippen LogP contribution < -0.4 is 10.1 Å². The summed E-state index contributed by atoms with van der Waals surface area (Å²) in [5, 5.41) is 8.55. The third-order valence-corrected chi connectivity index (χ3v) is 6.36. The highest BCUT2D eigenvalue weighted by Gasteiger charge is 2.39. The molecule has 5 nitrogen and oxygen atoms in total. The highest BCUT2D eigenvalue weighted by Crippen LogP contribution is 2.45. The predicted octanol–water partition coefficient (Wildman–Crippen LogP) is 5.44. The zero-order valence-corrected chi connectivity index (χ0v) is 18.4. The largest absolute Gasteiger partial charge is 0.497 e. The number of carbonyl (C=O) groups excluding carboxylic acids is 1. The van der Waals surface area contributed by atoms with Gasteiger partial charge in [0.2, 0.25) is 0 Å². The van der Waals surface area contributed by atoms with Crippen molar-refractivity contribution in [2.75, 3.05) is 12.4 Å². The number of ether oxygens (including phenoxy) is 1. The maximum Gasteiger partial charge on any atom is 0.163 e. The Kier molecular flexibility index (Phi) is 4.69. The molecule has 0 spiro atoms. The van der Waals surface area contributed by atoms with E-state index in [0.29, 0.717) is 12.3 Å². The molecule has 31 heavy (non-hydrogen) atoms. The Balaban J connectivity index is 1.71. The molecule has 0 unspecified atom stereocenters. The molecule has 0 radical (unpaired) electrons. The van der Waals surface area contributed by atoms with Gasteiger partial charge in [-0.2, -0.15) is 5.10 Å². The zero-order valence-electron chi connectivity index (χ0n) is 18.4. The maximum atomic E-state index is 13.2. The molecular formula is C26H27N3O2. The topological polar surface area (TPSA) is 56.1 Å². The summed E-state index contributed by atoms with van der Waals surface area (Å²) in [7, 11) is 1.67. The molecule has 1 aromatic heterocycles. The van der Waals surface area contributed by atoms with E-state index in [4.69, 9.17) is 9.84 Å². The van der Waals surface area contributed by atoms with E-state index in [1.807, 2.05) is 23.7 Å². The van der Waals surface area contributed by atoms with E-state index in [9.17, 15) is 4.79 Å². The van der Waals surface area contributed by atoms with Crippen LogP contribution in [0.15, 0.2) is 59.8 Å². The second kappa shape index (κ2) is 7.41. The summed E-state index contributed by atoms with van der Waals surface area (Å²) in [6, 6.07) is 16.3. The Morgan fingerprint density at radius 2 is 1.74 bits per heavy atom. The number of fused-ring (bicyclic) bond motifs is 1. The standard InChI is InChI=1S/C26H27N3O2/c1-15-5-7-19(8-6-15)25-24-21(13-16(2)14-22(24)30)27-26-23(17(3)28-29(25)26)18-9-11-20(31-4)12-10-18/h5-12,16,25,27H,13-14H2,1-4H3/t16-,25-/m1/s1. The van der Waals surface area contributed by atoms with Gasteiger partial charge in [0.05, 0.1) is 12.8 Å². The predicted molar refractivity (Wildman–Crippen MR) is 122 cm³/mol. The quantitative estimate of drug-likeness (QED) is 0.621. The number of allylic oxidation sites excluding steroid dienone is 2. The SMILES string of the molecule is COc1ccc(-c2c(C)nn3c2NC2=C(C(=O)C[C@H](C)C2)[C@H]3c2ccc(C)cc2)cc1. The molecule has 5 rings (SSSR count). The molecule has 2 heterocycles. The first-order valence-corrected chi connectivity index (χ1v) is 10.8. The first kappa shape index (κ1) is 19.6. The number of rotatable bonds is 3. The molecule has 2 aliphatic rings. The van der Waals surface area contributed by atoms with Crippen molar-refractivity contribution in [1.82, 2.24) is 9.78 Å². The number of Topliss-reactive ketones (excluding diaryl/α,β-unsaturated/α-hetero) is 1. The van der Waals surface area contributed by atoms with Crippen LogP contribution in [0.1, 0.15) is 42.6 Å². The molecule has 0 bridgehead atoms. The zero-order chi connectivity index (χ0) is 21.7. The van der Waals surface area contributed by atoms with E-state index in [1.54, 1.807) is 7.11 Å². The van der Waals surface area contributed by atoms with Crippen molar-refractivity contribution in [3.05, 3.63) is 76.6 Å². The van der Waals surface area contributed by atoms with Crippen molar-refractivity contribution in [2.24, 2.45) is 5.92 Å². The van der Waals surface area contributed by atoms with Crippen LogP contribution in [0.4, 0.5) is 5.82 Å². The van der Waals surface area contributed by atoms with E-state index in [0.717, 1.165) is 51.6 Å². The minimum atomic E-state index is -0.211. The smallest absolute Gasteiger partial charge is 0.163 e. The van der Waals surface area contributed by atoms with E-state index in [-0.39, 0.29) is 11.8 Å². The van der Waals surface area contributed by atoms with Gasteiger partial charge in [-0.25, -0.2) is 4.68 Å². The summed E-state index contributed by atoms with van der Waals surface area (Å²) in [5.74, 6) is 2.33. The summed E-state index contributed by atoms with van der Waals surface area (Å²) < 4.78 is 7.33. The second-order valence-corrected chi connectivity index (χ2v) is 8.75. The van der Waals surface area contributed by atoms with Gasteiger partial charge >= 0.3 is 0 Å². The summed E-state index contributed by atoms with van der Waals surface area (Å²) in [5.41, 5.74) is 7.27. The van der Waals surface area contributed by atoms with Crippen LogP contribution >= 0.6 is 0 Å². The average molecular weight is 414 g/mol. The number of benzene rings is 2. The number of aryl methyl sites for hydroxylation is 2. The first-order valence-electron chi connectivity index (χ1n) is 10.8. The van der Waals surface area contributed by atoms with Crippen LogP contribution in [0.25, 0.3) is 11.1 Å². The number of carbonyl (C=O) groups is 1. The number of hydrogen-bond acceptors (Lipinski definition) is 4. The Bertz CT molecular complexity index is 1190. The molecule has 1 N–H and O–H groups in total. The number of nitrogens with one attached hydrogen (secondary N) is 1. The Morgan fingerprint density at radius 3 is 2.42 bits per heavy atom. The lowest BCUT2D eigenvalue weighted by molar-refractivity contribution is -0.117. The minimum absolute atomic E-state index is 0.211. The van der Waals surface area contributed by atoms with Crippen LogP contribution in [0.3, 0.4) is 0 Å². The summed E-state index contributed by atoms with van der Waals surface area (Å²) in [6.45, 7) is 6.25. The van der Waals surface area contributed by atoms with Crippen molar-refractivity contribution in [2.45, 2.75) is 39.7 Å². The fourth-order valence-corrected chi connectivity index (χ4v) is 4.84. The normalized spacial score (nSPS) is 20.2. The lowest BCUT2D eigenvalue weighted by Gasteiger charge is -2.35. The van der Waals surface area contributed by atoms with Crippen LogP contribution in [0.2, 0.25) is 0 Å². The Labute approximate surface area is 182 Å². The molecule has 0 saturated heterocycles. The highest BCUT2D eigenvalue weighted by atomic mass is 16.5. The number of ketones is 1. The molecule has 1 aliphatic carbocycles. The average Bonchev–Trinajstić information content (AvgIpc) is 3.08. The van der Waals surface area contributed by atoms with Crippen molar-refractivity contribution in [1.29, 1.82) is 0 Å². The lowest BCUT2D eigenvalue weighted by atomic mass is 9.81. The van der Waals surface area contributed by atoms with Crippen LogP contribution in [0.5, 0.6) is 5.75 Å². The molecule has 0 amide bonds. The van der Waals surface area contributed by atoms with Gasteiger partial charge in [0, 0.05) is 23.3 Å². The van der Waals surface area contributed by atoms with Gasteiger partial charge in [-0.05, 0) is 49.4 Å². The summed E-state index contributed by atoms with van der Waals surface area (Å²) in [6.07, 6.45) is 1.46. The van der Waals surface area contributed by atoms with Gasteiger partial charge in [0.15, 0.2) is 5.78 Å². The van der Waals surface area contributed by atoms with Gasteiger partial charge < -0.3 is 10.1 Å². The molecule has 1 aliphatic heterocycles. The fraction of sp³-hybridized carbons (Fsp3) is 0.308. The van der Waals surface area contributed by atoms with Crippen LogP contribution in [-0.4, -0.2) is 22.7 Å². The molecule has 5 heteroatoms. The molecule has 3 aromatic rings. The Morgan fingerprint density at radius 1 is 1.03 bits per heavy atom. The molecule has 2 atom stereocenters. The van der Waals surface area contributed by atoms with Gasteiger partial charge in [-0.15, -0.1) is 0 Å². The van der Waals surface area contributed by atoms with Crippen molar-refractivity contribution in [3.63, 3.8) is 0 Å². The highest BCUT2D eigenvalue weighted by molar-refractivity contribution is 6.00. The van der Waals surface area contributed by atoms with E-state index < -0.39 is 0 Å². The van der Waals surface area contributed by atoms with E-state index in [1.165, 1.54) is 5.56 Å². The maximum absolute atomic E-state index is 13.2. The number of anilines is 1. The number of methoxy groups -OCH3 is 1. The van der Waals surface area contributed by atoms with Crippen LogP contribution in [-0.2, 0) is 4.79 Å². The monoisotopic (exact) mass is 413 g/mol. The van der Waals surface area contributed by atoms with E-state index in [2.05, 4.69) is 55.6 Å². The Hall–Kier alpha value is -3.34. The second-order valence-electron chi connectivity index (χ2n) is 8.75. The van der Waals surface area contributed by atoms with Gasteiger partial charge in [0.1, 0.15) is 17.6 Å². The molecular weight excluding hydrogens is 386 g/mol. The third kappa shape index (κ3) is 3.25. The molecule has 158 valence electrons. The van der Waals surface area contributed by atoms with E-state index >= 15 is 0 Å². The van der Waals surface area contributed by atoms with Crippen molar-refractivity contribution < 1.29 is 9.53 Å². The minimum Gasteiger partial charge on any atom is -0.497 e. The number of hydrogen-bond donors (Lipinski definition) is 1. The fourth-order valence-electron chi connectivity index (χ4n) is 4.84.